The molecule has 0 aliphatic heterocycles. The summed E-state index contributed by atoms with van der Waals surface area (Å²) in [5, 5.41) is 3.14. The number of fused-ring (bicyclic) bond motifs is 1. The molecular formula is C15H17F2N3O2S. The fourth-order valence-corrected chi connectivity index (χ4v) is 2.69. The van der Waals surface area contributed by atoms with Crippen LogP contribution in [0.2, 0.25) is 0 Å². The Kier molecular flexibility index (Phi) is 4.65. The van der Waals surface area contributed by atoms with Crippen LogP contribution in [0.5, 0.6) is 0 Å². The average Bonchev–Trinajstić information content (AvgIpc) is 2.75. The highest BCUT2D eigenvalue weighted by molar-refractivity contribution is 7.18. The van der Waals surface area contributed by atoms with Crippen LogP contribution in [0.15, 0.2) is 12.8 Å². The molecule has 0 bridgehead atoms. The van der Waals surface area contributed by atoms with E-state index in [9.17, 15) is 13.6 Å². The first-order chi connectivity index (χ1) is 10.6. The first-order valence-corrected chi connectivity index (χ1v) is 7.63. The van der Waals surface area contributed by atoms with Gasteiger partial charge in [-0.1, -0.05) is 17.9 Å². The van der Waals surface area contributed by atoms with Crippen molar-refractivity contribution in [3.05, 3.63) is 23.3 Å². The van der Waals surface area contributed by atoms with Crippen molar-refractivity contribution in [1.29, 1.82) is 0 Å². The predicted molar refractivity (Wildman–Crippen MR) is 87.0 cm³/mol. The zero-order valence-electron chi connectivity index (χ0n) is 13.2. The lowest BCUT2D eigenvalue weighted by molar-refractivity contribution is 0.0635. The topological polar surface area (TPSA) is 64.1 Å². The quantitative estimate of drug-likeness (QED) is 0.884. The maximum absolute atomic E-state index is 13.1. The second-order valence-electron chi connectivity index (χ2n) is 5.89. The van der Waals surface area contributed by atoms with E-state index in [2.05, 4.69) is 21.9 Å². The van der Waals surface area contributed by atoms with Crippen LogP contribution in [0.4, 0.5) is 19.3 Å². The Morgan fingerprint density at radius 1 is 1.43 bits per heavy atom. The Labute approximate surface area is 136 Å². The molecule has 2 rings (SSSR count). The Hall–Kier alpha value is -2.09. The molecule has 0 aromatic carbocycles. The third-order valence-corrected chi connectivity index (χ3v) is 3.63. The van der Waals surface area contributed by atoms with E-state index in [-0.39, 0.29) is 11.3 Å². The fraction of sp³-hybridized carbons (Fsp3) is 0.400. The number of hydrogen-bond donors (Lipinski definition) is 1. The van der Waals surface area contributed by atoms with Crippen molar-refractivity contribution in [1.82, 2.24) is 9.97 Å². The molecule has 0 atom stereocenters. The molecular weight excluding hydrogens is 324 g/mol. The molecule has 124 valence electrons. The first kappa shape index (κ1) is 17.3. The number of allylic oxidation sites excluding steroid dienone is 1. The van der Waals surface area contributed by atoms with Crippen LogP contribution in [-0.2, 0) is 4.74 Å². The lowest BCUT2D eigenvalue weighted by Crippen LogP contribution is -2.27. The minimum atomic E-state index is -2.78. The van der Waals surface area contributed by atoms with Gasteiger partial charge < -0.3 is 4.74 Å². The molecule has 8 heteroatoms. The molecule has 0 saturated heterocycles. The minimum Gasteiger partial charge on any atom is -0.444 e. The molecule has 2 aromatic rings. The molecule has 1 N–H and O–H groups in total. The summed E-state index contributed by atoms with van der Waals surface area (Å²) < 4.78 is 31.4. The van der Waals surface area contributed by atoms with E-state index in [0.29, 0.717) is 15.4 Å². The van der Waals surface area contributed by atoms with E-state index in [1.165, 1.54) is 17.5 Å². The number of aromatic nitrogens is 2. The number of nitrogens with one attached hydrogen (secondary N) is 1. The smallest absolute Gasteiger partial charge is 0.412 e. The monoisotopic (exact) mass is 341 g/mol. The molecule has 0 unspecified atom stereocenters. The van der Waals surface area contributed by atoms with E-state index in [0.717, 1.165) is 0 Å². The van der Waals surface area contributed by atoms with E-state index < -0.39 is 23.7 Å². The van der Waals surface area contributed by atoms with Crippen molar-refractivity contribution in [2.75, 3.05) is 5.32 Å². The van der Waals surface area contributed by atoms with Crippen LogP contribution in [0.3, 0.4) is 0 Å². The zero-order chi connectivity index (χ0) is 17.4. The van der Waals surface area contributed by atoms with Crippen LogP contribution in [0.1, 0.15) is 31.3 Å². The largest absolute Gasteiger partial charge is 0.444 e. The van der Waals surface area contributed by atoms with Crippen molar-refractivity contribution in [2.24, 2.45) is 0 Å². The molecule has 0 spiro atoms. The van der Waals surface area contributed by atoms with Gasteiger partial charge in [0.05, 0.1) is 16.9 Å². The lowest BCUT2D eigenvalue weighted by atomic mass is 10.1. The summed E-state index contributed by atoms with van der Waals surface area (Å²) in [4.78, 5) is 20.8. The molecule has 0 radical (unpaired) electrons. The van der Waals surface area contributed by atoms with Crippen molar-refractivity contribution >= 4 is 39.0 Å². The Balaban J connectivity index is 2.48. The summed E-state index contributed by atoms with van der Waals surface area (Å²) in [5.74, 6) is 0. The van der Waals surface area contributed by atoms with Gasteiger partial charge in [0.1, 0.15) is 15.9 Å². The molecule has 5 nitrogen and oxygen atoms in total. The number of aryl methyl sites for hydroxylation is 1. The molecule has 0 aliphatic rings. The van der Waals surface area contributed by atoms with E-state index in [1.54, 1.807) is 27.7 Å². The zero-order valence-corrected chi connectivity index (χ0v) is 14.1. The van der Waals surface area contributed by atoms with Crippen LogP contribution in [0, 0.1) is 6.92 Å². The highest BCUT2D eigenvalue weighted by Gasteiger charge is 2.23. The Bertz CT molecular complexity index is 766. The number of carbonyl (C=O) groups is 1. The maximum Gasteiger partial charge on any atom is 0.412 e. The molecule has 2 aromatic heterocycles. The second kappa shape index (κ2) is 6.19. The number of nitrogens with zero attached hydrogens (tertiary/aromatic N) is 2. The van der Waals surface area contributed by atoms with Crippen LogP contribution in [0.25, 0.3) is 15.9 Å². The van der Waals surface area contributed by atoms with E-state index in [4.69, 9.17) is 4.74 Å². The van der Waals surface area contributed by atoms with Gasteiger partial charge in [0, 0.05) is 11.1 Å². The third kappa shape index (κ3) is 4.01. The van der Waals surface area contributed by atoms with Gasteiger partial charge in [-0.25, -0.2) is 23.5 Å². The summed E-state index contributed by atoms with van der Waals surface area (Å²) >= 11 is 1.28. The Morgan fingerprint density at radius 3 is 2.65 bits per heavy atom. The third-order valence-electron chi connectivity index (χ3n) is 2.75. The van der Waals surface area contributed by atoms with E-state index >= 15 is 0 Å². The van der Waals surface area contributed by atoms with Gasteiger partial charge in [0.2, 0.25) is 0 Å². The number of ether oxygens (including phenoxy) is 1. The van der Waals surface area contributed by atoms with Gasteiger partial charge >= 0.3 is 6.09 Å². The van der Waals surface area contributed by atoms with E-state index in [1.807, 2.05) is 0 Å². The number of pyridine rings is 1. The van der Waals surface area contributed by atoms with Gasteiger partial charge in [-0.3, -0.25) is 5.32 Å². The fourth-order valence-electron chi connectivity index (χ4n) is 1.92. The summed E-state index contributed by atoms with van der Waals surface area (Å²) in [6, 6.07) is 0. The van der Waals surface area contributed by atoms with Crippen LogP contribution in [-0.4, -0.2) is 28.1 Å². The number of amides is 1. The number of hydrogen-bond acceptors (Lipinski definition) is 5. The summed E-state index contributed by atoms with van der Waals surface area (Å²) in [6.07, 6.45) is -2.22. The van der Waals surface area contributed by atoms with Gasteiger partial charge in [-0.15, -0.1) is 0 Å². The maximum atomic E-state index is 13.1. The molecule has 2 heterocycles. The number of thiazole rings is 1. The standard InChI is InChI=1S/C15H17F2N3O2S/c1-7(12(16)17)10-9(20-14(21)22-15(3,4)5)6-18-13-11(10)19-8(2)23-13/h6,12H,1H2,2-5H3,(H,20,21). The molecule has 1 amide bonds. The predicted octanol–water partition coefficient (Wildman–Crippen LogP) is 4.63. The highest BCUT2D eigenvalue weighted by Crippen LogP contribution is 2.35. The van der Waals surface area contributed by atoms with Gasteiger partial charge in [-0.05, 0) is 27.7 Å². The minimum absolute atomic E-state index is 0.0835. The van der Waals surface area contributed by atoms with Crippen molar-refractivity contribution < 1.29 is 18.3 Å². The highest BCUT2D eigenvalue weighted by atomic mass is 32.1. The number of halogens is 2. The summed E-state index contributed by atoms with van der Waals surface area (Å²) in [7, 11) is 0. The number of anilines is 1. The van der Waals surface area contributed by atoms with Gasteiger partial charge in [-0.2, -0.15) is 0 Å². The lowest BCUT2D eigenvalue weighted by Gasteiger charge is -2.20. The first-order valence-electron chi connectivity index (χ1n) is 6.82. The molecule has 23 heavy (non-hydrogen) atoms. The van der Waals surface area contributed by atoms with Crippen LogP contribution >= 0.6 is 11.3 Å². The van der Waals surface area contributed by atoms with Crippen molar-refractivity contribution in [2.45, 2.75) is 39.7 Å². The SMILES string of the molecule is C=C(c1c(NC(=O)OC(C)(C)C)cnc2sc(C)nc12)C(F)F. The molecule has 0 saturated carbocycles. The normalized spacial score (nSPS) is 11.8. The molecule has 0 aliphatic carbocycles. The number of carbonyl (C=O) groups excluding carboxylic acids is 1. The Morgan fingerprint density at radius 2 is 2.09 bits per heavy atom. The number of rotatable bonds is 3. The summed E-state index contributed by atoms with van der Waals surface area (Å²) in [6.45, 7) is 10.3. The van der Waals surface area contributed by atoms with Crippen LogP contribution < -0.4 is 5.32 Å². The number of alkyl halides is 2. The summed E-state index contributed by atoms with van der Waals surface area (Å²) in [5.41, 5.74) is -0.652. The molecule has 0 fully saturated rings. The van der Waals surface area contributed by atoms with Crippen molar-refractivity contribution in [3.8, 4) is 0 Å². The van der Waals surface area contributed by atoms with Gasteiger partial charge in [0.15, 0.2) is 0 Å². The second-order valence-corrected chi connectivity index (χ2v) is 7.07. The van der Waals surface area contributed by atoms with Crippen molar-refractivity contribution in [3.63, 3.8) is 0 Å². The average molecular weight is 341 g/mol. The van der Waals surface area contributed by atoms with Gasteiger partial charge in [0.25, 0.3) is 6.43 Å².